The quantitative estimate of drug-likeness (QED) is 0.353. The van der Waals surface area contributed by atoms with Crippen LogP contribution in [0.15, 0.2) is 29.3 Å². The van der Waals surface area contributed by atoms with Crippen molar-refractivity contribution in [3.05, 3.63) is 45.0 Å². The maximum atomic E-state index is 11.0. The number of nitrogens with zero attached hydrogens (tertiary/aromatic N) is 1. The zero-order chi connectivity index (χ0) is 12.1. The van der Waals surface area contributed by atoms with E-state index < -0.39 is 10.9 Å². The summed E-state index contributed by atoms with van der Waals surface area (Å²) in [5.74, 6) is -0.736. The number of halogens is 1. The van der Waals surface area contributed by atoms with Crippen molar-refractivity contribution in [2.75, 3.05) is 7.11 Å². The Kier molecular flexibility index (Phi) is 4.02. The number of methoxy groups -OCH3 is 1. The number of benzene rings is 1. The van der Waals surface area contributed by atoms with Crippen molar-refractivity contribution < 1.29 is 14.5 Å². The molecule has 16 heavy (non-hydrogen) atoms. The molecule has 0 saturated heterocycles. The van der Waals surface area contributed by atoms with Crippen molar-refractivity contribution >= 4 is 29.3 Å². The van der Waals surface area contributed by atoms with E-state index in [4.69, 9.17) is 11.6 Å². The van der Waals surface area contributed by atoms with Gasteiger partial charge in [0.25, 0.3) is 5.69 Å². The number of esters is 1. The van der Waals surface area contributed by atoms with Crippen LogP contribution in [0, 0.1) is 10.1 Å². The third-order valence-corrected chi connectivity index (χ3v) is 2.06. The van der Waals surface area contributed by atoms with Crippen LogP contribution in [-0.2, 0) is 9.53 Å². The van der Waals surface area contributed by atoms with Gasteiger partial charge in [-0.05, 0) is 12.1 Å². The lowest BCUT2D eigenvalue weighted by molar-refractivity contribution is -0.385. The van der Waals surface area contributed by atoms with Gasteiger partial charge < -0.3 is 4.74 Å². The molecular weight excluding hydrogens is 234 g/mol. The molecule has 0 aromatic heterocycles. The van der Waals surface area contributed by atoms with Gasteiger partial charge in [0.1, 0.15) is 5.03 Å². The Balaban J connectivity index is 3.14. The normalized spacial score (nSPS) is 11.0. The Hall–Kier alpha value is -1.88. The molecule has 0 aliphatic carbocycles. The minimum atomic E-state index is -0.736. The number of carbonyl (C=O) groups excluding carboxylic acids is 1. The summed E-state index contributed by atoms with van der Waals surface area (Å²) in [7, 11) is 1.18. The van der Waals surface area contributed by atoms with Crippen LogP contribution in [-0.4, -0.2) is 18.0 Å². The first-order valence-electron chi connectivity index (χ1n) is 4.25. The molecule has 0 spiro atoms. The molecule has 0 unspecified atom stereocenters. The molecule has 0 aliphatic rings. The van der Waals surface area contributed by atoms with Crippen molar-refractivity contribution in [2.24, 2.45) is 0 Å². The molecule has 1 aromatic carbocycles. The van der Waals surface area contributed by atoms with E-state index in [0.29, 0.717) is 0 Å². The minimum Gasteiger partial charge on any atom is -0.465 e. The molecule has 0 fully saturated rings. The van der Waals surface area contributed by atoms with E-state index in [2.05, 4.69) is 4.74 Å². The second-order valence-electron chi connectivity index (χ2n) is 2.80. The standard InChI is InChI=1S/C10H8ClNO4/c1-16-10(13)8(11)6-7-4-2-3-5-9(7)12(14)15/h2-6H,1H3/b8-6-. The molecule has 0 radical (unpaired) electrons. The van der Waals surface area contributed by atoms with Crippen molar-refractivity contribution in [3.63, 3.8) is 0 Å². The zero-order valence-corrected chi connectivity index (χ0v) is 9.10. The van der Waals surface area contributed by atoms with Crippen LogP contribution in [0.3, 0.4) is 0 Å². The number of para-hydroxylation sites is 1. The van der Waals surface area contributed by atoms with Gasteiger partial charge in [0.2, 0.25) is 0 Å². The van der Waals surface area contributed by atoms with E-state index in [1.807, 2.05) is 0 Å². The monoisotopic (exact) mass is 241 g/mol. The number of nitro groups is 1. The summed E-state index contributed by atoms with van der Waals surface area (Å²) >= 11 is 5.61. The van der Waals surface area contributed by atoms with Gasteiger partial charge in [-0.3, -0.25) is 10.1 Å². The summed E-state index contributed by atoms with van der Waals surface area (Å²) in [6.45, 7) is 0. The molecule has 0 saturated carbocycles. The first-order valence-corrected chi connectivity index (χ1v) is 4.63. The second kappa shape index (κ2) is 5.27. The van der Waals surface area contributed by atoms with Gasteiger partial charge in [0.15, 0.2) is 0 Å². The van der Waals surface area contributed by atoms with Crippen molar-refractivity contribution in [1.82, 2.24) is 0 Å². The van der Waals surface area contributed by atoms with E-state index in [1.165, 1.54) is 31.4 Å². The average molecular weight is 242 g/mol. The van der Waals surface area contributed by atoms with Crippen molar-refractivity contribution in [2.45, 2.75) is 0 Å². The lowest BCUT2D eigenvalue weighted by Gasteiger charge is -1.98. The van der Waals surface area contributed by atoms with E-state index >= 15 is 0 Å². The number of carbonyl (C=O) groups is 1. The maximum absolute atomic E-state index is 11.0. The topological polar surface area (TPSA) is 69.4 Å². The molecule has 84 valence electrons. The molecule has 1 rings (SSSR count). The lowest BCUT2D eigenvalue weighted by Crippen LogP contribution is -2.00. The predicted molar refractivity (Wildman–Crippen MR) is 58.9 cm³/mol. The van der Waals surface area contributed by atoms with Gasteiger partial charge >= 0.3 is 5.97 Å². The summed E-state index contributed by atoms with van der Waals surface area (Å²) < 4.78 is 4.38. The molecule has 0 bridgehead atoms. The fraction of sp³-hybridized carbons (Fsp3) is 0.100. The molecule has 5 nitrogen and oxygen atoms in total. The third-order valence-electron chi connectivity index (χ3n) is 1.80. The van der Waals surface area contributed by atoms with Gasteiger partial charge in [-0.2, -0.15) is 0 Å². The van der Waals surface area contributed by atoms with E-state index in [-0.39, 0.29) is 16.3 Å². The van der Waals surface area contributed by atoms with Gasteiger partial charge in [0, 0.05) is 6.07 Å². The molecule has 0 atom stereocenters. The van der Waals surface area contributed by atoms with E-state index in [0.717, 1.165) is 0 Å². The Labute approximate surface area is 96.4 Å². The number of hydrogen-bond donors (Lipinski definition) is 0. The SMILES string of the molecule is COC(=O)/C(Cl)=C/c1ccccc1[N+](=O)[O-]. The first kappa shape index (κ1) is 12.2. The van der Waals surface area contributed by atoms with Crippen molar-refractivity contribution in [3.8, 4) is 0 Å². The van der Waals surface area contributed by atoms with Gasteiger partial charge in [-0.15, -0.1) is 0 Å². The highest BCUT2D eigenvalue weighted by Crippen LogP contribution is 2.21. The summed E-state index contributed by atoms with van der Waals surface area (Å²) in [6.07, 6.45) is 1.20. The summed E-state index contributed by atoms with van der Waals surface area (Å²) in [5, 5.41) is 10.4. The van der Waals surface area contributed by atoms with Crippen LogP contribution >= 0.6 is 11.6 Å². The molecule has 0 amide bonds. The minimum absolute atomic E-state index is 0.121. The van der Waals surface area contributed by atoms with Crippen LogP contribution in [0.25, 0.3) is 6.08 Å². The van der Waals surface area contributed by atoms with Crippen LogP contribution < -0.4 is 0 Å². The van der Waals surface area contributed by atoms with Crippen LogP contribution in [0.4, 0.5) is 5.69 Å². The van der Waals surface area contributed by atoms with E-state index in [1.54, 1.807) is 6.07 Å². The summed E-state index contributed by atoms with van der Waals surface area (Å²) in [5.41, 5.74) is 0.132. The predicted octanol–water partition coefficient (Wildman–Crippen LogP) is 2.35. The number of nitro benzene ring substituents is 1. The van der Waals surface area contributed by atoms with Gasteiger partial charge in [-0.25, -0.2) is 4.79 Å². The Morgan fingerprint density at radius 2 is 2.12 bits per heavy atom. The third kappa shape index (κ3) is 2.80. The maximum Gasteiger partial charge on any atom is 0.349 e. The Morgan fingerprint density at radius 3 is 2.69 bits per heavy atom. The highest BCUT2D eigenvalue weighted by Gasteiger charge is 2.13. The highest BCUT2D eigenvalue weighted by molar-refractivity contribution is 6.43. The van der Waals surface area contributed by atoms with Gasteiger partial charge in [0.05, 0.1) is 17.6 Å². The molecule has 0 N–H and O–H groups in total. The van der Waals surface area contributed by atoms with Crippen LogP contribution in [0.1, 0.15) is 5.56 Å². The van der Waals surface area contributed by atoms with E-state index in [9.17, 15) is 14.9 Å². The van der Waals surface area contributed by atoms with Crippen LogP contribution in [0.5, 0.6) is 0 Å². The highest BCUT2D eigenvalue weighted by atomic mass is 35.5. The molecule has 0 heterocycles. The molecule has 0 aliphatic heterocycles. The first-order chi connectivity index (χ1) is 7.56. The molecule has 1 aromatic rings. The fourth-order valence-electron chi connectivity index (χ4n) is 1.07. The van der Waals surface area contributed by atoms with Crippen LogP contribution in [0.2, 0.25) is 0 Å². The summed E-state index contributed by atoms with van der Waals surface area (Å²) in [6, 6.07) is 5.96. The number of rotatable bonds is 3. The lowest BCUT2D eigenvalue weighted by atomic mass is 10.1. The van der Waals surface area contributed by atoms with Crippen molar-refractivity contribution in [1.29, 1.82) is 0 Å². The smallest absolute Gasteiger partial charge is 0.349 e. The van der Waals surface area contributed by atoms with Gasteiger partial charge in [-0.1, -0.05) is 23.7 Å². The molecular formula is C10H8ClNO4. The Bertz CT molecular complexity index is 456. The fourth-order valence-corrected chi connectivity index (χ4v) is 1.26. The molecule has 6 heteroatoms. The zero-order valence-electron chi connectivity index (χ0n) is 8.34. The average Bonchev–Trinajstić information content (AvgIpc) is 2.28. The Morgan fingerprint density at radius 1 is 1.50 bits per heavy atom. The summed E-state index contributed by atoms with van der Waals surface area (Å²) in [4.78, 5) is 21.1. The second-order valence-corrected chi connectivity index (χ2v) is 3.21. The largest absolute Gasteiger partial charge is 0.465 e. The number of hydrogen-bond acceptors (Lipinski definition) is 4. The number of ether oxygens (including phenoxy) is 1.